The maximum Gasteiger partial charge on any atom is 0.324 e. The number of halogens is 3. The third-order valence-corrected chi connectivity index (χ3v) is 5.46. The van der Waals surface area contributed by atoms with E-state index in [1.54, 1.807) is 13.8 Å². The fourth-order valence-corrected chi connectivity index (χ4v) is 4.86. The molecule has 1 unspecified atom stereocenters. The molecule has 0 radical (unpaired) electrons. The Hall–Kier alpha value is -0.340. The quantitative estimate of drug-likeness (QED) is 0.745. The second-order valence-corrected chi connectivity index (χ2v) is 7.95. The fourth-order valence-electron chi connectivity index (χ4n) is 1.60. The van der Waals surface area contributed by atoms with Crippen LogP contribution in [-0.2, 0) is 19.6 Å². The van der Waals surface area contributed by atoms with E-state index in [9.17, 15) is 13.2 Å². The number of hydrogen-bond donors (Lipinski definition) is 1. The number of hydrogen-bond acceptors (Lipinski definition) is 4. The Bertz CT molecular complexity index is 626. The molecule has 118 valence electrons. The number of ether oxygens (including phenoxy) is 1. The minimum Gasteiger partial charge on any atom is -0.468 e. The summed E-state index contributed by atoms with van der Waals surface area (Å²) in [5, 5.41) is -0.0940. The van der Waals surface area contributed by atoms with Gasteiger partial charge in [-0.2, -0.15) is 4.72 Å². The van der Waals surface area contributed by atoms with Crippen molar-refractivity contribution in [2.24, 2.45) is 5.92 Å². The number of methoxy groups -OCH3 is 1. The summed E-state index contributed by atoms with van der Waals surface area (Å²) < 4.78 is 32.3. The van der Waals surface area contributed by atoms with Crippen LogP contribution in [-0.4, -0.2) is 27.5 Å². The maximum atomic E-state index is 12.4. The van der Waals surface area contributed by atoms with Crippen LogP contribution in [0.2, 0.25) is 10.0 Å². The van der Waals surface area contributed by atoms with Crippen molar-refractivity contribution >= 4 is 55.1 Å². The number of rotatable bonds is 5. The predicted molar refractivity (Wildman–Crippen MR) is 85.1 cm³/mol. The van der Waals surface area contributed by atoms with Crippen molar-refractivity contribution < 1.29 is 17.9 Å². The van der Waals surface area contributed by atoms with Gasteiger partial charge in [0.2, 0.25) is 10.0 Å². The molecule has 0 aliphatic carbocycles. The zero-order chi connectivity index (χ0) is 16.4. The Balaban J connectivity index is 3.26. The first-order valence-electron chi connectivity index (χ1n) is 5.85. The van der Waals surface area contributed by atoms with Crippen molar-refractivity contribution in [2.45, 2.75) is 24.8 Å². The minimum atomic E-state index is -4.07. The molecule has 1 aromatic carbocycles. The molecule has 0 aliphatic heterocycles. The molecule has 1 N–H and O–H groups in total. The van der Waals surface area contributed by atoms with Gasteiger partial charge >= 0.3 is 5.97 Å². The molecule has 0 fully saturated rings. The highest BCUT2D eigenvalue weighted by molar-refractivity contribution is 9.10. The van der Waals surface area contributed by atoms with Crippen LogP contribution in [0.15, 0.2) is 21.5 Å². The lowest BCUT2D eigenvalue weighted by molar-refractivity contribution is -0.143. The molecular formula is C12H14BrCl2NO4S. The summed E-state index contributed by atoms with van der Waals surface area (Å²) >= 11 is 15.1. The van der Waals surface area contributed by atoms with Crippen molar-refractivity contribution in [3.63, 3.8) is 0 Å². The molecule has 0 amide bonds. The van der Waals surface area contributed by atoms with Gasteiger partial charge in [-0.15, -0.1) is 0 Å². The molecule has 0 aromatic heterocycles. The Morgan fingerprint density at radius 2 is 1.76 bits per heavy atom. The van der Waals surface area contributed by atoms with Gasteiger partial charge in [-0.1, -0.05) is 53.0 Å². The van der Waals surface area contributed by atoms with E-state index in [1.165, 1.54) is 19.2 Å². The third-order valence-electron chi connectivity index (χ3n) is 2.64. The first kappa shape index (κ1) is 18.7. The van der Waals surface area contributed by atoms with Gasteiger partial charge in [0.05, 0.1) is 17.2 Å². The molecular weight excluding hydrogens is 405 g/mol. The lowest BCUT2D eigenvalue weighted by Crippen LogP contribution is -2.45. The number of benzene rings is 1. The van der Waals surface area contributed by atoms with E-state index < -0.39 is 22.0 Å². The van der Waals surface area contributed by atoms with Crippen LogP contribution in [0.4, 0.5) is 0 Å². The number of nitrogens with one attached hydrogen (secondary N) is 1. The van der Waals surface area contributed by atoms with Gasteiger partial charge in [0.15, 0.2) is 0 Å². The first-order chi connectivity index (χ1) is 9.60. The van der Waals surface area contributed by atoms with Crippen LogP contribution < -0.4 is 4.72 Å². The summed E-state index contributed by atoms with van der Waals surface area (Å²) in [6.45, 7) is 3.38. The Morgan fingerprint density at radius 1 is 1.29 bits per heavy atom. The smallest absolute Gasteiger partial charge is 0.324 e. The number of carbonyl (C=O) groups excluding carboxylic acids is 1. The highest BCUT2D eigenvalue weighted by Crippen LogP contribution is 2.33. The summed E-state index contributed by atoms with van der Waals surface area (Å²) in [7, 11) is -2.89. The van der Waals surface area contributed by atoms with Crippen LogP contribution in [0.1, 0.15) is 13.8 Å². The van der Waals surface area contributed by atoms with Gasteiger partial charge in [0.25, 0.3) is 0 Å². The second kappa shape index (κ2) is 7.28. The van der Waals surface area contributed by atoms with Gasteiger partial charge in [-0.25, -0.2) is 8.42 Å². The molecule has 1 aromatic rings. The molecule has 0 aliphatic rings. The van der Waals surface area contributed by atoms with E-state index in [1.807, 2.05) is 0 Å². The largest absolute Gasteiger partial charge is 0.468 e. The van der Waals surface area contributed by atoms with Gasteiger partial charge < -0.3 is 4.74 Å². The van der Waals surface area contributed by atoms with Gasteiger partial charge in [-0.05, 0) is 18.1 Å². The summed E-state index contributed by atoms with van der Waals surface area (Å²) in [4.78, 5) is 11.4. The Labute approximate surface area is 142 Å². The Kier molecular flexibility index (Phi) is 6.49. The SMILES string of the molecule is COC(=O)C(NS(=O)(=O)c1c(Cl)cc(Br)cc1Cl)C(C)C. The van der Waals surface area contributed by atoms with Gasteiger partial charge in [-0.3, -0.25) is 4.79 Å². The average Bonchev–Trinajstić information content (AvgIpc) is 2.33. The van der Waals surface area contributed by atoms with E-state index in [2.05, 4.69) is 25.4 Å². The number of esters is 1. The zero-order valence-corrected chi connectivity index (χ0v) is 15.4. The van der Waals surface area contributed by atoms with Crippen LogP contribution >= 0.6 is 39.1 Å². The van der Waals surface area contributed by atoms with E-state index in [-0.39, 0.29) is 20.9 Å². The molecule has 1 atom stereocenters. The van der Waals surface area contributed by atoms with E-state index in [0.717, 1.165) is 0 Å². The summed E-state index contributed by atoms with van der Waals surface area (Å²) in [5.74, 6) is -0.988. The predicted octanol–water partition coefficient (Wildman–Crippen LogP) is 3.23. The van der Waals surface area contributed by atoms with Crippen LogP contribution in [0.25, 0.3) is 0 Å². The van der Waals surface area contributed by atoms with Gasteiger partial charge in [0, 0.05) is 4.47 Å². The molecule has 0 saturated heterocycles. The molecule has 0 spiro atoms. The molecule has 0 heterocycles. The lowest BCUT2D eigenvalue weighted by atomic mass is 10.1. The minimum absolute atomic E-state index is 0.0470. The molecule has 0 bridgehead atoms. The van der Waals surface area contributed by atoms with Gasteiger partial charge in [0.1, 0.15) is 10.9 Å². The highest BCUT2D eigenvalue weighted by Gasteiger charge is 2.31. The topological polar surface area (TPSA) is 72.5 Å². The number of carbonyl (C=O) groups is 1. The molecule has 1 rings (SSSR count). The monoisotopic (exact) mass is 417 g/mol. The highest BCUT2D eigenvalue weighted by atomic mass is 79.9. The fraction of sp³-hybridized carbons (Fsp3) is 0.417. The zero-order valence-electron chi connectivity index (χ0n) is 11.5. The van der Waals surface area contributed by atoms with Crippen LogP contribution in [0.5, 0.6) is 0 Å². The van der Waals surface area contributed by atoms with E-state index >= 15 is 0 Å². The standard InChI is InChI=1S/C12H14BrCl2NO4S/c1-6(2)10(12(17)20-3)16-21(18,19)11-8(14)4-7(13)5-9(11)15/h4-6,10,16H,1-3H3. The second-order valence-electron chi connectivity index (χ2n) is 4.56. The van der Waals surface area contributed by atoms with Crippen molar-refractivity contribution in [3.8, 4) is 0 Å². The average molecular weight is 419 g/mol. The van der Waals surface area contributed by atoms with Crippen molar-refractivity contribution in [1.82, 2.24) is 4.72 Å². The lowest BCUT2D eigenvalue weighted by Gasteiger charge is -2.20. The summed E-state index contributed by atoms with van der Waals surface area (Å²) in [6.07, 6.45) is 0. The van der Waals surface area contributed by atoms with Crippen LogP contribution in [0.3, 0.4) is 0 Å². The maximum absolute atomic E-state index is 12.4. The van der Waals surface area contributed by atoms with Crippen LogP contribution in [0, 0.1) is 5.92 Å². The molecule has 0 saturated carbocycles. The third kappa shape index (κ3) is 4.56. The van der Waals surface area contributed by atoms with Crippen molar-refractivity contribution in [3.05, 3.63) is 26.7 Å². The van der Waals surface area contributed by atoms with Crippen molar-refractivity contribution in [1.29, 1.82) is 0 Å². The van der Waals surface area contributed by atoms with E-state index in [4.69, 9.17) is 23.2 Å². The van der Waals surface area contributed by atoms with E-state index in [0.29, 0.717) is 4.47 Å². The normalized spacial score (nSPS) is 13.3. The molecule has 21 heavy (non-hydrogen) atoms. The number of sulfonamides is 1. The Morgan fingerprint density at radius 3 is 2.14 bits per heavy atom. The first-order valence-corrected chi connectivity index (χ1v) is 8.88. The summed E-state index contributed by atoms with van der Waals surface area (Å²) in [6, 6.07) is 1.78. The van der Waals surface area contributed by atoms with Crippen molar-refractivity contribution in [2.75, 3.05) is 7.11 Å². The molecule has 9 heteroatoms. The molecule has 5 nitrogen and oxygen atoms in total. The summed E-state index contributed by atoms with van der Waals surface area (Å²) in [5.41, 5.74) is 0.